The lowest BCUT2D eigenvalue weighted by Gasteiger charge is -2.36. The Hall–Kier alpha value is -2.56. The minimum atomic E-state index is -1.08. The van der Waals surface area contributed by atoms with E-state index in [0.29, 0.717) is 6.42 Å². The largest absolute Gasteiger partial charge is 0.378 e. The lowest BCUT2D eigenvalue weighted by Crippen LogP contribution is -2.41. The maximum absolute atomic E-state index is 9.58. The van der Waals surface area contributed by atoms with Crippen molar-refractivity contribution in [3.63, 3.8) is 0 Å². The summed E-state index contributed by atoms with van der Waals surface area (Å²) < 4.78 is 5.84. The predicted molar refractivity (Wildman–Crippen MR) is 91.6 cm³/mol. The highest BCUT2D eigenvalue weighted by Gasteiger charge is 2.41. The molecule has 0 radical (unpaired) electrons. The van der Waals surface area contributed by atoms with Gasteiger partial charge in [0.25, 0.3) is 0 Å². The molecular weight excluding hydrogens is 286 g/mol. The molecule has 0 N–H and O–H groups in total. The van der Waals surface area contributed by atoms with Crippen LogP contribution in [0.1, 0.15) is 18.9 Å². The summed E-state index contributed by atoms with van der Waals surface area (Å²) in [5.41, 5.74) is 1.75. The molecule has 0 aliphatic carbocycles. The highest BCUT2D eigenvalue weighted by Crippen LogP contribution is 2.36. The molecule has 0 amide bonds. The van der Waals surface area contributed by atoms with Crippen molar-refractivity contribution in [3.8, 4) is 12.1 Å². The van der Waals surface area contributed by atoms with Crippen LogP contribution in [0.3, 0.4) is 0 Å². The molecule has 23 heavy (non-hydrogen) atoms. The first-order valence-corrected chi connectivity index (χ1v) is 7.55. The normalized spacial score (nSPS) is 27.4. The number of ether oxygens (including phenoxy) is 1. The molecule has 1 saturated heterocycles. The fourth-order valence-corrected chi connectivity index (χ4v) is 2.62. The lowest BCUT2D eigenvalue weighted by molar-refractivity contribution is -0.0368. The summed E-state index contributed by atoms with van der Waals surface area (Å²) in [6.07, 6.45) is 3.63. The molecule has 1 aromatic carbocycles. The molecule has 0 spiro atoms. The predicted octanol–water partition coefficient (Wildman–Crippen LogP) is 3.53. The van der Waals surface area contributed by atoms with Gasteiger partial charge in [-0.1, -0.05) is 24.8 Å². The first-order chi connectivity index (χ1) is 10.9. The van der Waals surface area contributed by atoms with Gasteiger partial charge in [-0.2, -0.15) is 10.5 Å². The van der Waals surface area contributed by atoms with E-state index in [1.54, 1.807) is 6.08 Å². The molecule has 0 aromatic heterocycles. The van der Waals surface area contributed by atoms with Crippen molar-refractivity contribution < 1.29 is 4.74 Å². The van der Waals surface area contributed by atoms with Crippen molar-refractivity contribution in [3.05, 3.63) is 48.1 Å². The Kier molecular flexibility index (Phi) is 4.89. The van der Waals surface area contributed by atoms with Gasteiger partial charge in [0.15, 0.2) is 5.60 Å². The van der Waals surface area contributed by atoms with Gasteiger partial charge in [-0.15, -0.1) is 0 Å². The van der Waals surface area contributed by atoms with E-state index in [9.17, 15) is 10.5 Å². The van der Waals surface area contributed by atoms with Gasteiger partial charge in [0.1, 0.15) is 6.07 Å². The van der Waals surface area contributed by atoms with Crippen LogP contribution in [0.25, 0.3) is 6.08 Å². The first kappa shape index (κ1) is 16.8. The number of nitriles is 2. The topological polar surface area (TPSA) is 60.0 Å². The molecule has 2 rings (SSSR count). The summed E-state index contributed by atoms with van der Waals surface area (Å²) in [5.74, 6) is -0.362. The zero-order valence-corrected chi connectivity index (χ0v) is 13.8. The molecule has 1 fully saturated rings. The third-order valence-electron chi connectivity index (χ3n) is 4.16. The minimum Gasteiger partial charge on any atom is -0.378 e. The molecule has 1 aliphatic rings. The SMILES string of the molecule is C=C1C(C#N)CC(C#N)(C=Cc2ccc(N(C)C)cc2)OC1C. The summed E-state index contributed by atoms with van der Waals surface area (Å²) in [5, 5.41) is 18.9. The fourth-order valence-electron chi connectivity index (χ4n) is 2.62. The molecule has 0 bridgehead atoms. The summed E-state index contributed by atoms with van der Waals surface area (Å²) in [6, 6.07) is 12.5. The van der Waals surface area contributed by atoms with Gasteiger partial charge in [0.05, 0.1) is 18.1 Å². The van der Waals surface area contributed by atoms with Gasteiger partial charge in [-0.05, 0) is 36.3 Å². The zero-order chi connectivity index (χ0) is 17.0. The van der Waals surface area contributed by atoms with E-state index in [-0.39, 0.29) is 12.0 Å². The van der Waals surface area contributed by atoms with Gasteiger partial charge in [0.2, 0.25) is 0 Å². The smallest absolute Gasteiger partial charge is 0.175 e. The second kappa shape index (κ2) is 6.69. The Morgan fingerprint density at radius 3 is 2.48 bits per heavy atom. The Morgan fingerprint density at radius 1 is 1.30 bits per heavy atom. The summed E-state index contributed by atoms with van der Waals surface area (Å²) in [7, 11) is 3.98. The van der Waals surface area contributed by atoms with E-state index >= 15 is 0 Å². The summed E-state index contributed by atoms with van der Waals surface area (Å²) >= 11 is 0. The average Bonchev–Trinajstić information content (AvgIpc) is 2.56. The third-order valence-corrected chi connectivity index (χ3v) is 4.16. The van der Waals surface area contributed by atoms with Crippen molar-refractivity contribution in [2.75, 3.05) is 19.0 Å². The monoisotopic (exact) mass is 307 g/mol. The first-order valence-electron chi connectivity index (χ1n) is 7.55. The molecule has 118 valence electrons. The maximum atomic E-state index is 9.58. The molecular formula is C19H21N3O. The quantitative estimate of drug-likeness (QED) is 0.801. The molecule has 1 aromatic rings. The molecule has 3 unspecified atom stereocenters. The second-order valence-corrected chi connectivity index (χ2v) is 6.04. The summed E-state index contributed by atoms with van der Waals surface area (Å²) in [6.45, 7) is 5.74. The van der Waals surface area contributed by atoms with Crippen LogP contribution in [0.4, 0.5) is 5.69 Å². The Balaban J connectivity index is 2.23. The second-order valence-electron chi connectivity index (χ2n) is 6.04. The van der Waals surface area contributed by atoms with Crippen molar-refractivity contribution >= 4 is 11.8 Å². The highest BCUT2D eigenvalue weighted by atomic mass is 16.5. The van der Waals surface area contributed by atoms with Crippen LogP contribution >= 0.6 is 0 Å². The average molecular weight is 307 g/mol. The highest BCUT2D eigenvalue weighted by molar-refractivity contribution is 5.57. The number of benzene rings is 1. The number of anilines is 1. The van der Waals surface area contributed by atoms with Gasteiger partial charge < -0.3 is 9.64 Å². The van der Waals surface area contributed by atoms with Crippen molar-refractivity contribution in [1.29, 1.82) is 10.5 Å². The number of hydrogen-bond acceptors (Lipinski definition) is 4. The Bertz CT molecular complexity index is 691. The van der Waals surface area contributed by atoms with Crippen molar-refractivity contribution in [2.24, 2.45) is 5.92 Å². The van der Waals surface area contributed by atoms with Gasteiger partial charge >= 0.3 is 0 Å². The van der Waals surface area contributed by atoms with Gasteiger partial charge in [-0.3, -0.25) is 0 Å². The number of hydrogen-bond donors (Lipinski definition) is 0. The van der Waals surface area contributed by atoms with Crippen LogP contribution < -0.4 is 4.90 Å². The Labute approximate surface area is 137 Å². The van der Waals surface area contributed by atoms with Crippen LogP contribution in [0, 0.1) is 28.6 Å². The van der Waals surface area contributed by atoms with Crippen LogP contribution in [0.5, 0.6) is 0 Å². The van der Waals surface area contributed by atoms with E-state index in [2.05, 4.69) is 18.7 Å². The van der Waals surface area contributed by atoms with Crippen molar-refractivity contribution in [2.45, 2.75) is 25.0 Å². The molecule has 3 atom stereocenters. The molecule has 4 nitrogen and oxygen atoms in total. The van der Waals surface area contributed by atoms with Gasteiger partial charge in [0, 0.05) is 26.2 Å². The molecule has 4 heteroatoms. The Morgan fingerprint density at radius 2 is 1.96 bits per heavy atom. The van der Waals surface area contributed by atoms with E-state index in [1.807, 2.05) is 56.3 Å². The molecule has 1 aliphatic heterocycles. The third kappa shape index (κ3) is 3.62. The van der Waals surface area contributed by atoms with E-state index in [0.717, 1.165) is 16.8 Å². The van der Waals surface area contributed by atoms with E-state index < -0.39 is 5.60 Å². The number of rotatable bonds is 3. The van der Waals surface area contributed by atoms with Crippen LogP contribution in [-0.2, 0) is 4.74 Å². The molecule has 1 heterocycles. The molecule has 0 saturated carbocycles. The van der Waals surface area contributed by atoms with Crippen LogP contribution in [0.15, 0.2) is 42.5 Å². The zero-order valence-electron chi connectivity index (χ0n) is 13.8. The minimum absolute atomic E-state index is 0.311. The van der Waals surface area contributed by atoms with Crippen molar-refractivity contribution in [1.82, 2.24) is 0 Å². The summed E-state index contributed by atoms with van der Waals surface area (Å²) in [4.78, 5) is 2.03. The van der Waals surface area contributed by atoms with E-state index in [1.165, 1.54) is 0 Å². The van der Waals surface area contributed by atoms with Crippen LogP contribution in [0.2, 0.25) is 0 Å². The van der Waals surface area contributed by atoms with Gasteiger partial charge in [-0.25, -0.2) is 0 Å². The maximum Gasteiger partial charge on any atom is 0.175 e. The lowest BCUT2D eigenvalue weighted by atomic mass is 9.82. The van der Waals surface area contributed by atoms with Crippen LogP contribution in [-0.4, -0.2) is 25.8 Å². The standard InChI is InChI=1S/C19H21N3O/c1-14-15(2)23-19(13-21,11-17(14)12-20)10-9-16-5-7-18(8-6-16)22(3)4/h5-10,15,17H,1,11H2,2-4H3. The fraction of sp³-hybridized carbons (Fsp3) is 0.368. The van der Waals surface area contributed by atoms with E-state index in [4.69, 9.17) is 4.74 Å². The number of nitrogens with zero attached hydrogens (tertiary/aromatic N) is 3.